The van der Waals surface area contributed by atoms with E-state index in [0.29, 0.717) is 12.0 Å². The fourth-order valence-corrected chi connectivity index (χ4v) is 9.46. The Labute approximate surface area is 228 Å². The maximum absolute atomic E-state index is 13.5. The van der Waals surface area contributed by atoms with E-state index in [0.717, 1.165) is 5.56 Å². The third kappa shape index (κ3) is 3.03. The van der Waals surface area contributed by atoms with Crippen molar-refractivity contribution >= 4 is 23.8 Å². The standard InChI is InChI=1S/C31H38O8/c1-17-21(33)16-29(37)26(36)31-18(2)22(39-23(34)13-12-20-10-8-7-9-11-20)14-15-28(31,6)24(35)25(38-19(3)32)30(17,31)27(29,4)5/h7-13,17,22,24-26,35-37H,2,14-16H2,1,3-6H3/t17-,22+,24+,25+,26-,28+,29-,30-,31-/m1/s1. The fourth-order valence-electron chi connectivity index (χ4n) is 9.46. The van der Waals surface area contributed by atoms with E-state index in [1.54, 1.807) is 33.8 Å². The third-order valence-corrected chi connectivity index (χ3v) is 11.1. The molecule has 3 N–H and O–H groups in total. The summed E-state index contributed by atoms with van der Waals surface area (Å²) < 4.78 is 11.7. The number of rotatable bonds is 4. The van der Waals surface area contributed by atoms with Crippen LogP contribution in [0.5, 0.6) is 0 Å². The highest BCUT2D eigenvalue weighted by molar-refractivity contribution is 5.88. The molecular weight excluding hydrogens is 500 g/mol. The van der Waals surface area contributed by atoms with Crippen molar-refractivity contribution in [2.45, 2.75) is 83.9 Å². The highest BCUT2D eigenvalue weighted by Crippen LogP contribution is 2.86. The van der Waals surface area contributed by atoms with Gasteiger partial charge in [0.05, 0.1) is 12.2 Å². The van der Waals surface area contributed by atoms with Gasteiger partial charge >= 0.3 is 11.9 Å². The van der Waals surface area contributed by atoms with Gasteiger partial charge in [0.2, 0.25) is 0 Å². The summed E-state index contributed by atoms with van der Waals surface area (Å²) in [6, 6.07) is 9.28. The van der Waals surface area contributed by atoms with Gasteiger partial charge in [0.1, 0.15) is 23.6 Å². The largest absolute Gasteiger partial charge is 0.459 e. The molecule has 0 heterocycles. The molecule has 2 spiro atoms. The Morgan fingerprint density at radius 1 is 1.10 bits per heavy atom. The summed E-state index contributed by atoms with van der Waals surface area (Å²) >= 11 is 0. The molecule has 5 rings (SSSR count). The Kier molecular flexibility index (Phi) is 6.11. The zero-order chi connectivity index (χ0) is 28.8. The highest BCUT2D eigenvalue weighted by atomic mass is 16.6. The first-order chi connectivity index (χ1) is 18.1. The van der Waals surface area contributed by atoms with Gasteiger partial charge in [0.25, 0.3) is 0 Å². The van der Waals surface area contributed by atoms with Gasteiger partial charge in [-0.3, -0.25) is 9.59 Å². The molecule has 4 aliphatic carbocycles. The first kappa shape index (κ1) is 27.7. The van der Waals surface area contributed by atoms with Gasteiger partial charge in [-0.2, -0.15) is 0 Å². The van der Waals surface area contributed by atoms with Crippen molar-refractivity contribution in [3.8, 4) is 0 Å². The monoisotopic (exact) mass is 538 g/mol. The summed E-state index contributed by atoms with van der Waals surface area (Å²) in [5, 5.41) is 36.2. The van der Waals surface area contributed by atoms with Gasteiger partial charge in [-0.25, -0.2) is 4.79 Å². The number of carbonyl (C=O) groups is 3. The van der Waals surface area contributed by atoms with Crippen LogP contribution >= 0.6 is 0 Å². The van der Waals surface area contributed by atoms with Crippen LogP contribution in [-0.4, -0.2) is 63.1 Å². The first-order valence-corrected chi connectivity index (χ1v) is 13.6. The van der Waals surface area contributed by atoms with E-state index in [4.69, 9.17) is 9.47 Å². The zero-order valence-corrected chi connectivity index (χ0v) is 23.1. The number of esters is 2. The van der Waals surface area contributed by atoms with Crippen molar-refractivity contribution in [1.82, 2.24) is 0 Å². The van der Waals surface area contributed by atoms with Crippen LogP contribution in [0.2, 0.25) is 0 Å². The molecule has 2 bridgehead atoms. The predicted octanol–water partition coefficient (Wildman–Crippen LogP) is 2.99. The summed E-state index contributed by atoms with van der Waals surface area (Å²) in [5.74, 6) is -2.35. The van der Waals surface area contributed by atoms with Crippen molar-refractivity contribution in [2.75, 3.05) is 0 Å². The van der Waals surface area contributed by atoms with Crippen LogP contribution in [0.25, 0.3) is 6.08 Å². The molecule has 0 aromatic heterocycles. The van der Waals surface area contributed by atoms with Gasteiger partial charge in [-0.15, -0.1) is 0 Å². The summed E-state index contributed by atoms with van der Waals surface area (Å²) in [6.07, 6.45) is -1.62. The summed E-state index contributed by atoms with van der Waals surface area (Å²) in [5.41, 5.74) is -6.02. The molecule has 210 valence electrons. The number of hydrogen-bond acceptors (Lipinski definition) is 8. The molecule has 39 heavy (non-hydrogen) atoms. The molecule has 8 heteroatoms. The van der Waals surface area contributed by atoms with E-state index in [-0.39, 0.29) is 18.6 Å². The molecule has 4 saturated carbocycles. The van der Waals surface area contributed by atoms with Crippen LogP contribution in [0.3, 0.4) is 0 Å². The van der Waals surface area contributed by atoms with E-state index in [1.807, 2.05) is 30.3 Å². The lowest BCUT2D eigenvalue weighted by molar-refractivity contribution is -0.213. The summed E-state index contributed by atoms with van der Waals surface area (Å²) in [7, 11) is 0. The van der Waals surface area contributed by atoms with E-state index in [9.17, 15) is 29.7 Å². The Morgan fingerprint density at radius 3 is 2.36 bits per heavy atom. The Morgan fingerprint density at radius 2 is 1.74 bits per heavy atom. The van der Waals surface area contributed by atoms with Crippen LogP contribution in [0.4, 0.5) is 0 Å². The zero-order valence-electron chi connectivity index (χ0n) is 23.1. The minimum atomic E-state index is -1.89. The van der Waals surface area contributed by atoms with E-state index < -0.39 is 69.5 Å². The van der Waals surface area contributed by atoms with Gasteiger partial charge in [-0.05, 0) is 30.1 Å². The molecule has 0 saturated heterocycles. The maximum Gasteiger partial charge on any atom is 0.331 e. The van der Waals surface area contributed by atoms with Crippen molar-refractivity contribution < 1.29 is 39.2 Å². The maximum atomic E-state index is 13.5. The minimum Gasteiger partial charge on any atom is -0.459 e. The molecule has 1 aromatic carbocycles. The molecule has 0 aliphatic heterocycles. The molecule has 0 amide bonds. The van der Waals surface area contributed by atoms with Gasteiger partial charge in [-0.1, -0.05) is 64.6 Å². The van der Waals surface area contributed by atoms with Gasteiger partial charge < -0.3 is 24.8 Å². The lowest BCUT2D eigenvalue weighted by Crippen LogP contribution is -2.65. The number of benzene rings is 1. The number of aliphatic hydroxyl groups excluding tert-OH is 2. The number of carbonyl (C=O) groups excluding carboxylic acids is 3. The molecule has 1 aromatic rings. The number of ketones is 1. The second kappa shape index (κ2) is 8.59. The molecular formula is C31H38O8. The lowest BCUT2D eigenvalue weighted by Gasteiger charge is -2.60. The van der Waals surface area contributed by atoms with Crippen LogP contribution in [0, 0.1) is 27.6 Å². The summed E-state index contributed by atoms with van der Waals surface area (Å²) in [6.45, 7) is 12.6. The van der Waals surface area contributed by atoms with Crippen LogP contribution in [-0.2, 0) is 23.9 Å². The number of ether oxygens (including phenoxy) is 2. The van der Waals surface area contributed by atoms with Crippen molar-refractivity contribution in [3.05, 3.63) is 54.1 Å². The smallest absolute Gasteiger partial charge is 0.331 e. The molecule has 4 aliphatic rings. The topological polar surface area (TPSA) is 130 Å². The van der Waals surface area contributed by atoms with Gasteiger partial charge in [0, 0.05) is 47.0 Å². The van der Waals surface area contributed by atoms with E-state index in [2.05, 4.69) is 6.58 Å². The summed E-state index contributed by atoms with van der Waals surface area (Å²) in [4.78, 5) is 38.9. The molecule has 8 nitrogen and oxygen atoms in total. The first-order valence-electron chi connectivity index (χ1n) is 13.6. The Hall–Kier alpha value is -2.81. The SMILES string of the molecule is C=C1[C@@H](OC(=O)C=Cc2ccccc2)CC[C@@]2(C)[C@@H](O)[C@H](OC(C)=O)[C@@]34[C@H](C)C(=O)C[C@@](O)([C@@H](O)[C@@]132)C4(C)C. The molecule has 0 radical (unpaired) electrons. The van der Waals surface area contributed by atoms with Crippen molar-refractivity contribution in [1.29, 1.82) is 0 Å². The number of fused-ring (bicyclic) bond motifs is 1. The number of Topliss-reactive ketones (excluding diaryl/α,β-unsaturated/α-hetero) is 1. The second-order valence-corrected chi connectivity index (χ2v) is 12.6. The highest BCUT2D eigenvalue weighted by Gasteiger charge is 2.94. The Bertz CT molecular complexity index is 1270. The van der Waals surface area contributed by atoms with Crippen LogP contribution in [0.1, 0.15) is 59.4 Å². The third-order valence-electron chi connectivity index (χ3n) is 11.1. The average Bonchev–Trinajstić information content (AvgIpc) is 3.09. The minimum absolute atomic E-state index is 0.275. The van der Waals surface area contributed by atoms with Crippen molar-refractivity contribution in [3.63, 3.8) is 0 Å². The second-order valence-electron chi connectivity index (χ2n) is 12.6. The lowest BCUT2D eigenvalue weighted by atomic mass is 9.42. The normalized spacial score (nSPS) is 44.2. The van der Waals surface area contributed by atoms with Crippen LogP contribution in [0.15, 0.2) is 48.6 Å². The van der Waals surface area contributed by atoms with Crippen molar-refractivity contribution in [2.24, 2.45) is 27.6 Å². The van der Waals surface area contributed by atoms with E-state index in [1.165, 1.54) is 13.0 Å². The quantitative estimate of drug-likeness (QED) is 0.303. The number of aliphatic hydroxyl groups is 3. The Balaban J connectivity index is 1.66. The van der Waals surface area contributed by atoms with Crippen LogP contribution < -0.4 is 0 Å². The molecule has 9 atom stereocenters. The predicted molar refractivity (Wildman–Crippen MR) is 142 cm³/mol. The van der Waals surface area contributed by atoms with Gasteiger partial charge in [0.15, 0.2) is 0 Å². The van der Waals surface area contributed by atoms with E-state index >= 15 is 0 Å². The molecule has 4 fully saturated rings. The average molecular weight is 539 g/mol. The number of hydrogen-bond donors (Lipinski definition) is 3. The molecule has 0 unspecified atom stereocenters. The fraction of sp³-hybridized carbons (Fsp3) is 0.581.